The summed E-state index contributed by atoms with van der Waals surface area (Å²) in [5.41, 5.74) is 0.729. The lowest BCUT2D eigenvalue weighted by molar-refractivity contribution is -0.120. The van der Waals surface area contributed by atoms with E-state index in [1.165, 1.54) is 12.1 Å². The Morgan fingerprint density at radius 2 is 2.10 bits per heavy atom. The lowest BCUT2D eigenvalue weighted by Gasteiger charge is -2.06. The van der Waals surface area contributed by atoms with Gasteiger partial charge in [-0.05, 0) is 17.7 Å². The van der Waals surface area contributed by atoms with Crippen molar-refractivity contribution in [1.29, 1.82) is 0 Å². The number of amides is 1. The zero-order chi connectivity index (χ0) is 15.1. The Bertz CT molecular complexity index is 556. The first-order valence-electron chi connectivity index (χ1n) is 6.42. The van der Waals surface area contributed by atoms with Gasteiger partial charge in [0.1, 0.15) is 11.6 Å². The summed E-state index contributed by atoms with van der Waals surface area (Å²) in [4.78, 5) is 18.7. The van der Waals surface area contributed by atoms with E-state index in [4.69, 9.17) is 0 Å². The SMILES string of the molecule is O=C(Cc1ccc(OC(F)F)cc1)NCCc1ncc[nH]1. The molecule has 21 heavy (non-hydrogen) atoms. The van der Waals surface area contributed by atoms with E-state index in [0.717, 1.165) is 11.4 Å². The topological polar surface area (TPSA) is 67.0 Å². The van der Waals surface area contributed by atoms with Crippen LogP contribution in [0.2, 0.25) is 0 Å². The van der Waals surface area contributed by atoms with Crippen molar-refractivity contribution in [3.05, 3.63) is 48.0 Å². The van der Waals surface area contributed by atoms with Crippen molar-refractivity contribution < 1.29 is 18.3 Å². The van der Waals surface area contributed by atoms with Gasteiger partial charge >= 0.3 is 6.61 Å². The van der Waals surface area contributed by atoms with E-state index in [1.807, 2.05) is 0 Å². The fraction of sp³-hybridized carbons (Fsp3) is 0.286. The van der Waals surface area contributed by atoms with Gasteiger partial charge in [-0.15, -0.1) is 0 Å². The zero-order valence-corrected chi connectivity index (χ0v) is 11.2. The van der Waals surface area contributed by atoms with Crippen LogP contribution in [-0.2, 0) is 17.6 Å². The van der Waals surface area contributed by atoms with Crippen LogP contribution < -0.4 is 10.1 Å². The van der Waals surface area contributed by atoms with E-state index in [-0.39, 0.29) is 18.1 Å². The molecule has 2 aromatic rings. The van der Waals surface area contributed by atoms with Crippen molar-refractivity contribution in [2.45, 2.75) is 19.5 Å². The third-order valence-corrected chi connectivity index (χ3v) is 2.75. The van der Waals surface area contributed by atoms with E-state index >= 15 is 0 Å². The molecule has 112 valence electrons. The largest absolute Gasteiger partial charge is 0.435 e. The molecule has 0 saturated carbocycles. The fourth-order valence-electron chi connectivity index (χ4n) is 1.79. The highest BCUT2D eigenvalue weighted by atomic mass is 19.3. The van der Waals surface area contributed by atoms with Crippen molar-refractivity contribution in [3.8, 4) is 5.75 Å². The minimum Gasteiger partial charge on any atom is -0.435 e. The summed E-state index contributed by atoms with van der Waals surface area (Å²) in [6, 6.07) is 6.00. The average Bonchev–Trinajstić information content (AvgIpc) is 2.93. The van der Waals surface area contributed by atoms with Crippen molar-refractivity contribution in [2.24, 2.45) is 0 Å². The second kappa shape index (κ2) is 7.37. The van der Waals surface area contributed by atoms with Crippen molar-refractivity contribution in [1.82, 2.24) is 15.3 Å². The number of aromatic amines is 1. The summed E-state index contributed by atoms with van der Waals surface area (Å²) in [5, 5.41) is 2.77. The third kappa shape index (κ3) is 5.21. The van der Waals surface area contributed by atoms with E-state index in [1.54, 1.807) is 24.5 Å². The standard InChI is InChI=1S/C14H15F2N3O2/c15-14(16)21-11-3-1-10(2-4-11)9-13(20)19-6-5-12-17-7-8-18-12/h1-4,7-8,14H,5-6,9H2,(H,17,18)(H,19,20). The van der Waals surface area contributed by atoms with Crippen molar-refractivity contribution >= 4 is 5.91 Å². The number of halogens is 2. The molecule has 7 heteroatoms. The number of nitrogens with one attached hydrogen (secondary N) is 2. The van der Waals surface area contributed by atoms with Gasteiger partial charge < -0.3 is 15.0 Å². The van der Waals surface area contributed by atoms with Gasteiger partial charge in [0.2, 0.25) is 5.91 Å². The average molecular weight is 295 g/mol. The predicted molar refractivity (Wildman–Crippen MR) is 72.1 cm³/mol. The first-order chi connectivity index (χ1) is 10.1. The van der Waals surface area contributed by atoms with Crippen LogP contribution in [0.25, 0.3) is 0 Å². The van der Waals surface area contributed by atoms with Crippen LogP contribution in [0.15, 0.2) is 36.7 Å². The Labute approximate surface area is 120 Å². The number of imidazole rings is 1. The van der Waals surface area contributed by atoms with Crippen LogP contribution in [0.3, 0.4) is 0 Å². The molecule has 0 bridgehead atoms. The number of alkyl halides is 2. The van der Waals surface area contributed by atoms with Gasteiger partial charge in [0.15, 0.2) is 0 Å². The predicted octanol–water partition coefficient (Wildman–Crippen LogP) is 1.91. The maximum Gasteiger partial charge on any atom is 0.387 e. The van der Waals surface area contributed by atoms with Gasteiger partial charge in [0.25, 0.3) is 0 Å². The Kier molecular flexibility index (Phi) is 5.25. The summed E-state index contributed by atoms with van der Waals surface area (Å²) in [7, 11) is 0. The Morgan fingerprint density at radius 1 is 1.33 bits per heavy atom. The maximum atomic E-state index is 12.0. The van der Waals surface area contributed by atoms with Gasteiger partial charge in [-0.3, -0.25) is 4.79 Å². The van der Waals surface area contributed by atoms with Crippen molar-refractivity contribution in [3.63, 3.8) is 0 Å². The Hall–Kier alpha value is -2.44. The molecule has 0 fully saturated rings. The van der Waals surface area contributed by atoms with Gasteiger partial charge in [-0.1, -0.05) is 12.1 Å². The number of rotatable bonds is 7. The van der Waals surface area contributed by atoms with Gasteiger partial charge in [0, 0.05) is 25.4 Å². The number of nitrogens with zero attached hydrogens (tertiary/aromatic N) is 1. The smallest absolute Gasteiger partial charge is 0.387 e. The van der Waals surface area contributed by atoms with Crippen LogP contribution in [-0.4, -0.2) is 29.0 Å². The number of carbonyl (C=O) groups is 1. The molecule has 1 heterocycles. The minimum absolute atomic E-state index is 0.0759. The molecule has 1 amide bonds. The molecule has 1 aromatic heterocycles. The molecule has 0 aliphatic rings. The van der Waals surface area contributed by atoms with Crippen LogP contribution in [0.4, 0.5) is 8.78 Å². The molecule has 0 aliphatic carbocycles. The number of ether oxygens (including phenoxy) is 1. The summed E-state index contributed by atoms with van der Waals surface area (Å²) >= 11 is 0. The minimum atomic E-state index is -2.85. The van der Waals surface area contributed by atoms with Crippen molar-refractivity contribution in [2.75, 3.05) is 6.54 Å². The van der Waals surface area contributed by atoms with Gasteiger partial charge in [0.05, 0.1) is 6.42 Å². The normalized spacial score (nSPS) is 10.6. The van der Waals surface area contributed by atoms with E-state index in [9.17, 15) is 13.6 Å². The van der Waals surface area contributed by atoms with E-state index < -0.39 is 6.61 Å². The number of hydrogen-bond acceptors (Lipinski definition) is 3. The number of aromatic nitrogens is 2. The van der Waals surface area contributed by atoms with Crippen LogP contribution >= 0.6 is 0 Å². The van der Waals surface area contributed by atoms with Gasteiger partial charge in [-0.2, -0.15) is 8.78 Å². The molecule has 0 atom stereocenters. The summed E-state index contributed by atoms with van der Waals surface area (Å²) in [6.07, 6.45) is 4.19. The molecule has 2 rings (SSSR count). The molecule has 0 unspecified atom stereocenters. The second-order valence-electron chi connectivity index (χ2n) is 4.34. The molecule has 1 aromatic carbocycles. The summed E-state index contributed by atoms with van der Waals surface area (Å²) in [5.74, 6) is 0.750. The number of H-pyrrole nitrogens is 1. The van der Waals surface area contributed by atoms with Crippen LogP contribution in [0, 0.1) is 0 Å². The highest BCUT2D eigenvalue weighted by Gasteiger charge is 2.06. The summed E-state index contributed by atoms with van der Waals surface area (Å²) < 4.78 is 28.2. The number of benzene rings is 1. The highest BCUT2D eigenvalue weighted by molar-refractivity contribution is 5.78. The zero-order valence-electron chi connectivity index (χ0n) is 11.2. The molecule has 5 nitrogen and oxygen atoms in total. The Morgan fingerprint density at radius 3 is 2.71 bits per heavy atom. The molecule has 0 spiro atoms. The first-order valence-corrected chi connectivity index (χ1v) is 6.42. The second-order valence-corrected chi connectivity index (χ2v) is 4.34. The molecular weight excluding hydrogens is 280 g/mol. The molecule has 0 aliphatic heterocycles. The maximum absolute atomic E-state index is 12.0. The lowest BCUT2D eigenvalue weighted by atomic mass is 10.1. The van der Waals surface area contributed by atoms with E-state index in [2.05, 4.69) is 20.0 Å². The van der Waals surface area contributed by atoms with E-state index in [0.29, 0.717) is 13.0 Å². The summed E-state index contributed by atoms with van der Waals surface area (Å²) in [6.45, 7) is -2.36. The first kappa shape index (κ1) is 15.0. The molecule has 2 N–H and O–H groups in total. The molecule has 0 radical (unpaired) electrons. The third-order valence-electron chi connectivity index (χ3n) is 2.75. The highest BCUT2D eigenvalue weighted by Crippen LogP contribution is 2.15. The molecular formula is C14H15F2N3O2. The van der Waals surface area contributed by atoms with Crippen LogP contribution in [0.5, 0.6) is 5.75 Å². The number of hydrogen-bond donors (Lipinski definition) is 2. The monoisotopic (exact) mass is 295 g/mol. The number of carbonyl (C=O) groups excluding carboxylic acids is 1. The molecule has 0 saturated heterocycles. The van der Waals surface area contributed by atoms with Gasteiger partial charge in [-0.25, -0.2) is 4.98 Å². The lowest BCUT2D eigenvalue weighted by Crippen LogP contribution is -2.27. The Balaban J connectivity index is 1.74. The quantitative estimate of drug-likeness (QED) is 0.820. The fourth-order valence-corrected chi connectivity index (χ4v) is 1.79. The van der Waals surface area contributed by atoms with Crippen LogP contribution in [0.1, 0.15) is 11.4 Å².